The standard InChI is InChI=1S/C37H44N6O2/c44-36(34-12-8-32(9-13-34)28-40-23-25-41(26-24-40)29-33-5-4-18-38-27-33)39-35-14-10-30(11-15-35)6-7-31-16-21-43(22-17-31)37(45)42-19-2-1-3-20-42/h4-5,8-15,18,27,31H,1-3,16-17,19-26,28-29H2,(H,39,44). The van der Waals surface area contributed by atoms with E-state index in [0.29, 0.717) is 11.5 Å². The van der Waals surface area contributed by atoms with Crippen LogP contribution in [0.5, 0.6) is 0 Å². The number of carbonyl (C=O) groups is 2. The van der Waals surface area contributed by atoms with Crippen molar-refractivity contribution < 1.29 is 9.59 Å². The van der Waals surface area contributed by atoms with Gasteiger partial charge in [-0.2, -0.15) is 0 Å². The summed E-state index contributed by atoms with van der Waals surface area (Å²) in [5.74, 6) is 6.90. The number of amides is 3. The lowest BCUT2D eigenvalue weighted by Gasteiger charge is -2.36. The summed E-state index contributed by atoms with van der Waals surface area (Å²) in [5.41, 5.74) is 4.81. The minimum atomic E-state index is -0.115. The topological polar surface area (TPSA) is 72.0 Å². The first-order valence-corrected chi connectivity index (χ1v) is 16.5. The summed E-state index contributed by atoms with van der Waals surface area (Å²) in [5, 5.41) is 3.01. The molecule has 8 heteroatoms. The van der Waals surface area contributed by atoms with Crippen LogP contribution < -0.4 is 5.32 Å². The Balaban J connectivity index is 0.920. The summed E-state index contributed by atoms with van der Waals surface area (Å²) in [6, 6.07) is 20.0. The molecule has 234 valence electrons. The van der Waals surface area contributed by atoms with Gasteiger partial charge in [-0.25, -0.2) is 4.79 Å². The number of nitrogens with zero attached hydrogens (tertiary/aromatic N) is 5. The van der Waals surface area contributed by atoms with Crippen LogP contribution in [0.3, 0.4) is 0 Å². The number of pyridine rings is 1. The first-order chi connectivity index (χ1) is 22.1. The fourth-order valence-corrected chi connectivity index (χ4v) is 6.40. The second kappa shape index (κ2) is 15.2. The molecule has 4 heterocycles. The molecule has 1 N–H and O–H groups in total. The number of hydrogen-bond donors (Lipinski definition) is 1. The third kappa shape index (κ3) is 8.72. The van der Waals surface area contributed by atoms with Crippen LogP contribution in [0.1, 0.15) is 59.2 Å². The summed E-state index contributed by atoms with van der Waals surface area (Å²) in [6.07, 6.45) is 9.08. The van der Waals surface area contributed by atoms with Gasteiger partial charge in [0, 0.05) is 101 Å². The number of hydrogen-bond acceptors (Lipinski definition) is 5. The Bertz CT molecular complexity index is 1460. The minimum Gasteiger partial charge on any atom is -0.325 e. The third-order valence-electron chi connectivity index (χ3n) is 9.17. The predicted octanol–water partition coefficient (Wildman–Crippen LogP) is 5.32. The molecule has 3 aromatic rings. The average molecular weight is 605 g/mol. The summed E-state index contributed by atoms with van der Waals surface area (Å²) < 4.78 is 0. The molecule has 0 spiro atoms. The fraction of sp³-hybridized carbons (Fsp3) is 0.432. The van der Waals surface area contributed by atoms with Gasteiger partial charge in [0.1, 0.15) is 0 Å². The number of carbonyl (C=O) groups excluding carboxylic acids is 2. The van der Waals surface area contributed by atoms with Gasteiger partial charge in [-0.1, -0.05) is 30.0 Å². The molecule has 1 aromatic heterocycles. The molecule has 6 rings (SSSR count). The Hall–Kier alpha value is -4.19. The van der Waals surface area contributed by atoms with Crippen LogP contribution in [-0.2, 0) is 13.1 Å². The van der Waals surface area contributed by atoms with Gasteiger partial charge in [0.25, 0.3) is 5.91 Å². The van der Waals surface area contributed by atoms with Gasteiger partial charge >= 0.3 is 6.03 Å². The van der Waals surface area contributed by atoms with Gasteiger partial charge in [-0.15, -0.1) is 0 Å². The Labute approximate surface area is 267 Å². The van der Waals surface area contributed by atoms with Crippen molar-refractivity contribution in [3.05, 3.63) is 95.3 Å². The van der Waals surface area contributed by atoms with Crippen molar-refractivity contribution in [2.75, 3.05) is 57.7 Å². The average Bonchev–Trinajstić information content (AvgIpc) is 3.10. The summed E-state index contributed by atoms with van der Waals surface area (Å²) in [7, 11) is 0. The number of aromatic nitrogens is 1. The molecule has 3 aliphatic rings. The summed E-state index contributed by atoms with van der Waals surface area (Å²) in [4.78, 5) is 38.9. The zero-order chi connectivity index (χ0) is 30.8. The van der Waals surface area contributed by atoms with E-state index in [9.17, 15) is 9.59 Å². The lowest BCUT2D eigenvalue weighted by Crippen LogP contribution is -2.48. The van der Waals surface area contributed by atoms with E-state index in [1.54, 1.807) is 0 Å². The van der Waals surface area contributed by atoms with Crippen molar-refractivity contribution in [1.29, 1.82) is 0 Å². The van der Waals surface area contributed by atoms with Crippen molar-refractivity contribution in [2.24, 2.45) is 5.92 Å². The molecule has 45 heavy (non-hydrogen) atoms. The van der Waals surface area contributed by atoms with E-state index in [2.05, 4.69) is 50.1 Å². The zero-order valence-electron chi connectivity index (χ0n) is 26.2. The predicted molar refractivity (Wildman–Crippen MR) is 178 cm³/mol. The molecular formula is C37H44N6O2. The molecule has 0 aliphatic carbocycles. The molecule has 0 bridgehead atoms. The van der Waals surface area contributed by atoms with E-state index in [-0.39, 0.29) is 11.9 Å². The van der Waals surface area contributed by atoms with Gasteiger partial charge in [0.2, 0.25) is 0 Å². The van der Waals surface area contributed by atoms with Gasteiger partial charge in [-0.05, 0) is 85.7 Å². The van der Waals surface area contributed by atoms with E-state index < -0.39 is 0 Å². The number of nitrogens with one attached hydrogen (secondary N) is 1. The smallest absolute Gasteiger partial charge is 0.319 e. The SMILES string of the molecule is O=C(Nc1ccc(C#CC2CCN(C(=O)N3CCCCC3)CC2)cc1)c1ccc(CN2CCN(Cc3cccnc3)CC2)cc1. The van der Waals surface area contributed by atoms with Gasteiger partial charge in [0.05, 0.1) is 0 Å². The van der Waals surface area contributed by atoms with Crippen molar-refractivity contribution in [2.45, 2.75) is 45.2 Å². The first kappa shape index (κ1) is 30.8. The highest BCUT2D eigenvalue weighted by molar-refractivity contribution is 6.04. The van der Waals surface area contributed by atoms with E-state index in [4.69, 9.17) is 0 Å². The van der Waals surface area contributed by atoms with Gasteiger partial charge in [-0.3, -0.25) is 19.6 Å². The monoisotopic (exact) mass is 604 g/mol. The summed E-state index contributed by atoms with van der Waals surface area (Å²) in [6.45, 7) is 9.34. The van der Waals surface area contributed by atoms with Crippen molar-refractivity contribution in [3.63, 3.8) is 0 Å². The molecule has 3 amide bonds. The highest BCUT2D eigenvalue weighted by Crippen LogP contribution is 2.20. The number of rotatable bonds is 6. The number of anilines is 1. The molecular weight excluding hydrogens is 560 g/mol. The van der Waals surface area contributed by atoms with Crippen LogP contribution in [0.4, 0.5) is 10.5 Å². The van der Waals surface area contributed by atoms with Crippen molar-refractivity contribution in [3.8, 4) is 11.8 Å². The number of piperidine rings is 2. The van der Waals surface area contributed by atoms with Crippen LogP contribution in [0.25, 0.3) is 0 Å². The largest absolute Gasteiger partial charge is 0.325 e. The van der Waals surface area contributed by atoms with Gasteiger partial charge < -0.3 is 15.1 Å². The van der Waals surface area contributed by atoms with E-state index >= 15 is 0 Å². The molecule has 0 saturated carbocycles. The maximum Gasteiger partial charge on any atom is 0.319 e. The Kier molecular flexibility index (Phi) is 10.4. The highest BCUT2D eigenvalue weighted by Gasteiger charge is 2.26. The highest BCUT2D eigenvalue weighted by atomic mass is 16.2. The maximum absolute atomic E-state index is 12.9. The first-order valence-electron chi connectivity index (χ1n) is 16.5. The maximum atomic E-state index is 12.9. The molecule has 3 aliphatic heterocycles. The number of benzene rings is 2. The number of likely N-dealkylation sites (tertiary alicyclic amines) is 2. The second-order valence-electron chi connectivity index (χ2n) is 12.5. The zero-order valence-corrected chi connectivity index (χ0v) is 26.2. The van der Waals surface area contributed by atoms with Crippen molar-refractivity contribution in [1.82, 2.24) is 24.6 Å². The van der Waals surface area contributed by atoms with Gasteiger partial charge in [0.15, 0.2) is 0 Å². The quantitative estimate of drug-likeness (QED) is 0.386. The normalized spacial score (nSPS) is 18.2. The minimum absolute atomic E-state index is 0.115. The summed E-state index contributed by atoms with van der Waals surface area (Å²) >= 11 is 0. The second-order valence-corrected chi connectivity index (χ2v) is 12.5. The molecule has 0 unspecified atom stereocenters. The molecule has 3 saturated heterocycles. The fourth-order valence-electron chi connectivity index (χ4n) is 6.40. The van der Waals surface area contributed by atoms with Crippen LogP contribution in [0.2, 0.25) is 0 Å². The van der Waals surface area contributed by atoms with Crippen LogP contribution in [0, 0.1) is 17.8 Å². The molecule has 3 fully saturated rings. The van der Waals surface area contributed by atoms with Crippen LogP contribution >= 0.6 is 0 Å². The van der Waals surface area contributed by atoms with E-state index in [1.165, 1.54) is 17.5 Å². The lowest BCUT2D eigenvalue weighted by molar-refractivity contribution is 0.102. The Morgan fingerprint density at radius 3 is 2.02 bits per heavy atom. The molecule has 0 atom stereocenters. The molecule has 2 aromatic carbocycles. The number of urea groups is 1. The third-order valence-corrected chi connectivity index (χ3v) is 9.17. The van der Waals surface area contributed by atoms with Crippen LogP contribution in [-0.4, -0.2) is 88.9 Å². The van der Waals surface area contributed by atoms with E-state index in [0.717, 1.165) is 102 Å². The van der Waals surface area contributed by atoms with Crippen molar-refractivity contribution >= 4 is 17.6 Å². The Morgan fingerprint density at radius 1 is 0.733 bits per heavy atom. The lowest BCUT2D eigenvalue weighted by atomic mass is 9.97. The van der Waals surface area contributed by atoms with E-state index in [1.807, 2.05) is 64.7 Å². The number of piperazine rings is 1. The molecule has 8 nitrogen and oxygen atoms in total. The molecule has 0 radical (unpaired) electrons. The Morgan fingerprint density at radius 2 is 1.38 bits per heavy atom. The van der Waals surface area contributed by atoms with Crippen LogP contribution in [0.15, 0.2) is 73.1 Å².